The first-order chi connectivity index (χ1) is 9.04. The van der Waals surface area contributed by atoms with Gasteiger partial charge < -0.3 is 9.64 Å². The Morgan fingerprint density at radius 2 is 1.58 bits per heavy atom. The van der Waals surface area contributed by atoms with E-state index in [4.69, 9.17) is 4.74 Å². The van der Waals surface area contributed by atoms with Crippen LogP contribution < -0.4 is 4.74 Å². The SMILES string of the molecule is CC.CCCC(c1ccc(OC(C)C)cc1)N(C)C. The molecule has 1 rings (SSSR count). The van der Waals surface area contributed by atoms with E-state index in [1.54, 1.807) is 0 Å². The first kappa shape index (κ1) is 18.0. The van der Waals surface area contributed by atoms with E-state index in [2.05, 4.69) is 50.2 Å². The molecule has 0 fully saturated rings. The summed E-state index contributed by atoms with van der Waals surface area (Å²) in [4.78, 5) is 2.28. The maximum absolute atomic E-state index is 5.66. The monoisotopic (exact) mass is 265 g/mol. The lowest BCUT2D eigenvalue weighted by Crippen LogP contribution is -2.19. The lowest BCUT2D eigenvalue weighted by molar-refractivity contribution is 0.241. The van der Waals surface area contributed by atoms with Crippen molar-refractivity contribution in [1.29, 1.82) is 0 Å². The summed E-state index contributed by atoms with van der Waals surface area (Å²) in [7, 11) is 4.28. The van der Waals surface area contributed by atoms with Crippen LogP contribution in [0.4, 0.5) is 0 Å². The quantitative estimate of drug-likeness (QED) is 0.725. The van der Waals surface area contributed by atoms with E-state index >= 15 is 0 Å². The molecule has 1 aromatic rings. The highest BCUT2D eigenvalue weighted by Crippen LogP contribution is 2.25. The van der Waals surface area contributed by atoms with Gasteiger partial charge in [-0.15, -0.1) is 0 Å². The van der Waals surface area contributed by atoms with Crippen LogP contribution in [-0.2, 0) is 0 Å². The molecular formula is C17H31NO. The van der Waals surface area contributed by atoms with Crippen LogP contribution in [0.3, 0.4) is 0 Å². The van der Waals surface area contributed by atoms with Crippen molar-refractivity contribution in [2.75, 3.05) is 14.1 Å². The zero-order valence-corrected chi connectivity index (χ0v) is 13.7. The summed E-state index contributed by atoms with van der Waals surface area (Å²) in [6.45, 7) is 10.3. The van der Waals surface area contributed by atoms with Crippen molar-refractivity contribution in [3.8, 4) is 5.75 Å². The maximum Gasteiger partial charge on any atom is 0.119 e. The Morgan fingerprint density at radius 3 is 1.95 bits per heavy atom. The second-order valence-corrected chi connectivity index (χ2v) is 5.00. The number of nitrogens with zero attached hydrogens (tertiary/aromatic N) is 1. The van der Waals surface area contributed by atoms with Crippen LogP contribution in [0.1, 0.15) is 59.1 Å². The average Bonchev–Trinajstić information content (AvgIpc) is 2.38. The van der Waals surface area contributed by atoms with Gasteiger partial charge in [-0.1, -0.05) is 39.3 Å². The molecule has 0 aliphatic rings. The molecule has 2 heteroatoms. The minimum atomic E-state index is 0.237. The highest BCUT2D eigenvalue weighted by molar-refractivity contribution is 5.29. The van der Waals surface area contributed by atoms with Crippen molar-refractivity contribution in [3.63, 3.8) is 0 Å². The lowest BCUT2D eigenvalue weighted by Gasteiger charge is -2.24. The van der Waals surface area contributed by atoms with Gasteiger partial charge in [0.1, 0.15) is 5.75 Å². The fourth-order valence-electron chi connectivity index (χ4n) is 2.04. The van der Waals surface area contributed by atoms with Crippen molar-refractivity contribution < 1.29 is 4.74 Å². The molecule has 0 radical (unpaired) electrons. The van der Waals surface area contributed by atoms with Crippen LogP contribution in [0.25, 0.3) is 0 Å². The summed E-state index contributed by atoms with van der Waals surface area (Å²) in [6, 6.07) is 9.01. The number of hydrogen-bond donors (Lipinski definition) is 0. The number of hydrogen-bond acceptors (Lipinski definition) is 2. The molecule has 1 aromatic carbocycles. The van der Waals surface area contributed by atoms with Crippen molar-refractivity contribution in [2.24, 2.45) is 0 Å². The molecule has 1 atom stereocenters. The van der Waals surface area contributed by atoms with Gasteiger partial charge in [-0.3, -0.25) is 0 Å². The topological polar surface area (TPSA) is 12.5 Å². The van der Waals surface area contributed by atoms with Crippen LogP contribution >= 0.6 is 0 Å². The first-order valence-electron chi connectivity index (χ1n) is 7.47. The summed E-state index contributed by atoms with van der Waals surface area (Å²) >= 11 is 0. The van der Waals surface area contributed by atoms with Crippen LogP contribution in [-0.4, -0.2) is 25.1 Å². The van der Waals surface area contributed by atoms with Gasteiger partial charge in [-0.25, -0.2) is 0 Å². The zero-order chi connectivity index (χ0) is 14.8. The second kappa shape index (κ2) is 9.85. The minimum Gasteiger partial charge on any atom is -0.491 e. The Morgan fingerprint density at radius 1 is 1.05 bits per heavy atom. The van der Waals surface area contributed by atoms with Crippen LogP contribution in [0.15, 0.2) is 24.3 Å². The summed E-state index contributed by atoms with van der Waals surface area (Å²) in [5.41, 5.74) is 1.37. The molecule has 1 unspecified atom stereocenters. The fraction of sp³-hybridized carbons (Fsp3) is 0.647. The van der Waals surface area contributed by atoms with Crippen LogP contribution in [0.5, 0.6) is 5.75 Å². The molecule has 0 aliphatic heterocycles. The second-order valence-electron chi connectivity index (χ2n) is 5.00. The normalized spacial score (nSPS) is 12.1. The molecule has 0 spiro atoms. The highest BCUT2D eigenvalue weighted by Gasteiger charge is 2.12. The molecular weight excluding hydrogens is 234 g/mol. The third-order valence-corrected chi connectivity index (χ3v) is 2.82. The standard InChI is InChI=1S/C15H25NO.C2H6/c1-6-7-15(16(4)5)13-8-10-14(11-9-13)17-12(2)3;1-2/h8-12,15H,6-7H2,1-5H3;1-2H3. The van der Waals surface area contributed by atoms with E-state index in [1.165, 1.54) is 18.4 Å². The van der Waals surface area contributed by atoms with Gasteiger partial charge in [0.25, 0.3) is 0 Å². The molecule has 19 heavy (non-hydrogen) atoms. The predicted octanol–water partition coefficient (Wildman–Crippen LogP) is 4.90. The molecule has 2 nitrogen and oxygen atoms in total. The van der Waals surface area contributed by atoms with Gasteiger partial charge in [0.15, 0.2) is 0 Å². The Labute approximate surface area is 119 Å². The van der Waals surface area contributed by atoms with E-state index in [-0.39, 0.29) is 6.10 Å². The number of ether oxygens (including phenoxy) is 1. The van der Waals surface area contributed by atoms with Gasteiger partial charge in [0.2, 0.25) is 0 Å². The molecule has 0 saturated carbocycles. The number of rotatable bonds is 6. The summed E-state index contributed by atoms with van der Waals surface area (Å²) in [5, 5.41) is 0. The first-order valence-corrected chi connectivity index (χ1v) is 7.47. The van der Waals surface area contributed by atoms with E-state index in [0.29, 0.717) is 6.04 Å². The lowest BCUT2D eigenvalue weighted by atomic mass is 10.0. The minimum absolute atomic E-state index is 0.237. The molecule has 0 N–H and O–H groups in total. The van der Waals surface area contributed by atoms with E-state index < -0.39 is 0 Å². The summed E-state index contributed by atoms with van der Waals surface area (Å²) in [6.07, 6.45) is 2.63. The molecule has 0 aromatic heterocycles. The maximum atomic E-state index is 5.66. The molecule has 0 amide bonds. The van der Waals surface area contributed by atoms with Crippen LogP contribution in [0.2, 0.25) is 0 Å². The smallest absolute Gasteiger partial charge is 0.119 e. The summed E-state index contributed by atoms with van der Waals surface area (Å²) in [5.74, 6) is 0.956. The molecule has 110 valence electrons. The third kappa shape index (κ3) is 6.63. The van der Waals surface area contributed by atoms with Crippen molar-refractivity contribution >= 4 is 0 Å². The molecule has 0 heterocycles. The average molecular weight is 265 g/mol. The largest absolute Gasteiger partial charge is 0.491 e. The molecule has 0 saturated heterocycles. The Hall–Kier alpha value is -1.02. The predicted molar refractivity (Wildman–Crippen MR) is 84.9 cm³/mol. The fourth-order valence-corrected chi connectivity index (χ4v) is 2.04. The van der Waals surface area contributed by atoms with Crippen LogP contribution in [0, 0.1) is 0 Å². The number of benzene rings is 1. The van der Waals surface area contributed by atoms with E-state index in [1.807, 2.05) is 27.7 Å². The Bertz CT molecular complexity index is 317. The van der Waals surface area contributed by atoms with Gasteiger partial charge in [0.05, 0.1) is 6.10 Å². The van der Waals surface area contributed by atoms with Crippen molar-refractivity contribution in [1.82, 2.24) is 4.90 Å². The molecule has 0 bridgehead atoms. The Kier molecular flexibility index (Phi) is 9.32. The van der Waals surface area contributed by atoms with E-state index in [9.17, 15) is 0 Å². The zero-order valence-electron chi connectivity index (χ0n) is 13.7. The van der Waals surface area contributed by atoms with Crippen molar-refractivity contribution in [3.05, 3.63) is 29.8 Å². The Balaban J connectivity index is 0.00000154. The van der Waals surface area contributed by atoms with Gasteiger partial charge >= 0.3 is 0 Å². The van der Waals surface area contributed by atoms with Gasteiger partial charge in [-0.2, -0.15) is 0 Å². The van der Waals surface area contributed by atoms with Gasteiger partial charge in [0, 0.05) is 6.04 Å². The third-order valence-electron chi connectivity index (χ3n) is 2.82. The highest BCUT2D eigenvalue weighted by atomic mass is 16.5. The van der Waals surface area contributed by atoms with Crippen molar-refractivity contribution in [2.45, 2.75) is 59.6 Å². The van der Waals surface area contributed by atoms with E-state index in [0.717, 1.165) is 5.75 Å². The summed E-state index contributed by atoms with van der Waals surface area (Å²) < 4.78 is 5.66. The molecule has 0 aliphatic carbocycles. The van der Waals surface area contributed by atoms with Gasteiger partial charge in [-0.05, 0) is 52.1 Å².